The maximum absolute atomic E-state index is 12.3. The van der Waals surface area contributed by atoms with E-state index in [1.165, 1.54) is 11.3 Å². The van der Waals surface area contributed by atoms with Gasteiger partial charge in [-0.1, -0.05) is 0 Å². The Morgan fingerprint density at radius 3 is 2.61 bits per heavy atom. The minimum absolute atomic E-state index is 0.151. The first-order chi connectivity index (χ1) is 8.61. The van der Waals surface area contributed by atoms with E-state index in [4.69, 9.17) is 5.73 Å². The highest BCUT2D eigenvalue weighted by Crippen LogP contribution is 2.33. The van der Waals surface area contributed by atoms with Crippen molar-refractivity contribution in [2.45, 2.75) is 19.3 Å². The molecular weight excluding hydrogens is 380 g/mol. The second-order valence-corrected chi connectivity index (χ2v) is 7.77. The number of nitrogens with two attached hydrogens (primary N) is 1. The number of likely N-dealkylation sites (tertiary alicyclic amines) is 1. The summed E-state index contributed by atoms with van der Waals surface area (Å²) in [5.74, 6) is 0.846. The Hall–Kier alpha value is 0.0900. The van der Waals surface area contributed by atoms with Gasteiger partial charge in [0.1, 0.15) is 0 Å². The van der Waals surface area contributed by atoms with Gasteiger partial charge in [0, 0.05) is 17.6 Å². The summed E-state index contributed by atoms with van der Waals surface area (Å²) >= 11 is 8.33. The fraction of sp³-hybridized carbons (Fsp3) is 0.583. The van der Waals surface area contributed by atoms with Gasteiger partial charge in [-0.3, -0.25) is 4.79 Å². The zero-order valence-electron chi connectivity index (χ0n) is 9.99. The molecule has 1 aliphatic heterocycles. The number of carbonyl (C=O) groups excluding carboxylic acids is 1. The van der Waals surface area contributed by atoms with E-state index in [9.17, 15) is 4.79 Å². The average molecular weight is 396 g/mol. The van der Waals surface area contributed by atoms with Gasteiger partial charge in [0.15, 0.2) is 0 Å². The molecule has 2 heterocycles. The van der Waals surface area contributed by atoms with E-state index in [1.807, 2.05) is 11.0 Å². The molecule has 3 nitrogen and oxygen atoms in total. The Balaban J connectivity index is 1.95. The van der Waals surface area contributed by atoms with Crippen LogP contribution in [-0.4, -0.2) is 30.4 Å². The Kier molecular flexibility index (Phi) is 5.24. The van der Waals surface area contributed by atoms with Crippen molar-refractivity contribution >= 4 is 49.1 Å². The Morgan fingerprint density at radius 2 is 2.11 bits per heavy atom. The number of rotatable bonds is 3. The van der Waals surface area contributed by atoms with Gasteiger partial charge in [0.05, 0.1) is 8.66 Å². The maximum Gasteiger partial charge on any atom is 0.264 e. The van der Waals surface area contributed by atoms with E-state index < -0.39 is 0 Å². The average Bonchev–Trinajstić information content (AvgIpc) is 2.70. The first-order valence-corrected chi connectivity index (χ1v) is 8.46. The molecule has 1 fully saturated rings. The van der Waals surface area contributed by atoms with E-state index in [1.54, 1.807) is 0 Å². The molecule has 1 aliphatic rings. The molecule has 0 unspecified atom stereocenters. The first kappa shape index (κ1) is 14.5. The Labute approximate surface area is 128 Å². The summed E-state index contributed by atoms with van der Waals surface area (Å²) < 4.78 is 1.93. The molecule has 0 radical (unpaired) electrons. The summed E-state index contributed by atoms with van der Waals surface area (Å²) in [5.41, 5.74) is 5.57. The predicted molar refractivity (Wildman–Crippen MR) is 82.0 cm³/mol. The molecule has 18 heavy (non-hydrogen) atoms. The zero-order valence-corrected chi connectivity index (χ0v) is 14.0. The number of thiophene rings is 1. The summed E-state index contributed by atoms with van der Waals surface area (Å²) in [6.45, 7) is 2.47. The van der Waals surface area contributed by atoms with Gasteiger partial charge in [-0.15, -0.1) is 11.3 Å². The van der Waals surface area contributed by atoms with E-state index in [0.717, 1.165) is 52.0 Å². The van der Waals surface area contributed by atoms with E-state index in [0.29, 0.717) is 5.92 Å². The van der Waals surface area contributed by atoms with Gasteiger partial charge < -0.3 is 10.6 Å². The van der Waals surface area contributed by atoms with Crippen LogP contribution in [0.15, 0.2) is 14.3 Å². The molecular formula is C12H16Br2N2OS. The smallest absolute Gasteiger partial charge is 0.264 e. The summed E-state index contributed by atoms with van der Waals surface area (Å²) in [5, 5.41) is 0. The van der Waals surface area contributed by atoms with Gasteiger partial charge in [-0.25, -0.2) is 0 Å². The zero-order chi connectivity index (χ0) is 13.1. The van der Waals surface area contributed by atoms with Crippen LogP contribution in [-0.2, 0) is 0 Å². The van der Waals surface area contributed by atoms with Crippen molar-refractivity contribution in [2.24, 2.45) is 11.7 Å². The summed E-state index contributed by atoms with van der Waals surface area (Å²) in [7, 11) is 0. The summed E-state index contributed by atoms with van der Waals surface area (Å²) in [4.78, 5) is 15.1. The van der Waals surface area contributed by atoms with Crippen LogP contribution in [0.2, 0.25) is 0 Å². The molecule has 1 aromatic heterocycles. The minimum Gasteiger partial charge on any atom is -0.338 e. The fourth-order valence-corrected chi connectivity index (χ4v) is 4.27. The number of piperidine rings is 1. The largest absolute Gasteiger partial charge is 0.338 e. The lowest BCUT2D eigenvalue weighted by Crippen LogP contribution is -2.38. The van der Waals surface area contributed by atoms with Crippen molar-refractivity contribution in [3.8, 4) is 0 Å². The molecule has 1 amide bonds. The SMILES string of the molecule is NCCC1CCN(C(=O)c2cc(Br)c(Br)s2)CC1. The third-order valence-corrected chi connectivity index (χ3v) is 6.58. The lowest BCUT2D eigenvalue weighted by atomic mass is 9.93. The topological polar surface area (TPSA) is 46.3 Å². The number of halogens is 2. The standard InChI is InChI=1S/C12H16Br2N2OS/c13-9-7-10(18-11(9)14)12(17)16-5-2-8(1-4-15)3-6-16/h7-8H,1-6,15H2. The summed E-state index contributed by atoms with van der Waals surface area (Å²) in [6, 6.07) is 1.89. The molecule has 0 spiro atoms. The normalized spacial score (nSPS) is 17.2. The van der Waals surface area contributed by atoms with Crippen LogP contribution >= 0.6 is 43.2 Å². The molecule has 0 aromatic carbocycles. The van der Waals surface area contributed by atoms with Crippen LogP contribution in [0.25, 0.3) is 0 Å². The van der Waals surface area contributed by atoms with E-state index in [-0.39, 0.29) is 5.91 Å². The van der Waals surface area contributed by atoms with Gasteiger partial charge in [0.25, 0.3) is 5.91 Å². The second-order valence-electron chi connectivity index (χ2n) is 4.55. The Morgan fingerprint density at radius 1 is 1.44 bits per heavy atom. The molecule has 1 aromatic rings. The van der Waals surface area contributed by atoms with Gasteiger partial charge in [-0.2, -0.15) is 0 Å². The van der Waals surface area contributed by atoms with Crippen LogP contribution in [0.3, 0.4) is 0 Å². The third-order valence-electron chi connectivity index (χ3n) is 3.33. The van der Waals surface area contributed by atoms with Crippen LogP contribution in [0.5, 0.6) is 0 Å². The molecule has 1 saturated heterocycles. The monoisotopic (exact) mass is 394 g/mol. The highest BCUT2D eigenvalue weighted by atomic mass is 79.9. The van der Waals surface area contributed by atoms with Crippen molar-refractivity contribution < 1.29 is 4.79 Å². The highest BCUT2D eigenvalue weighted by molar-refractivity contribution is 9.13. The van der Waals surface area contributed by atoms with Crippen molar-refractivity contribution in [3.63, 3.8) is 0 Å². The number of amides is 1. The molecule has 2 N–H and O–H groups in total. The van der Waals surface area contributed by atoms with Gasteiger partial charge >= 0.3 is 0 Å². The minimum atomic E-state index is 0.151. The summed E-state index contributed by atoms with van der Waals surface area (Å²) in [6.07, 6.45) is 3.24. The highest BCUT2D eigenvalue weighted by Gasteiger charge is 2.24. The number of nitrogens with zero attached hydrogens (tertiary/aromatic N) is 1. The number of hydrogen-bond acceptors (Lipinski definition) is 3. The second kappa shape index (κ2) is 6.50. The molecule has 6 heteroatoms. The lowest BCUT2D eigenvalue weighted by molar-refractivity contribution is 0.0693. The van der Waals surface area contributed by atoms with Crippen molar-refractivity contribution in [3.05, 3.63) is 19.2 Å². The molecule has 2 rings (SSSR count). The van der Waals surface area contributed by atoms with Crippen molar-refractivity contribution in [1.82, 2.24) is 4.90 Å². The van der Waals surface area contributed by atoms with Crippen molar-refractivity contribution in [1.29, 1.82) is 0 Å². The van der Waals surface area contributed by atoms with Crippen LogP contribution < -0.4 is 5.73 Å². The number of carbonyl (C=O) groups is 1. The van der Waals surface area contributed by atoms with E-state index in [2.05, 4.69) is 31.9 Å². The molecule has 100 valence electrons. The first-order valence-electron chi connectivity index (χ1n) is 6.06. The van der Waals surface area contributed by atoms with Gasteiger partial charge in [-0.05, 0) is 69.7 Å². The Bertz CT molecular complexity index is 408. The van der Waals surface area contributed by atoms with Crippen LogP contribution in [0.1, 0.15) is 28.9 Å². The van der Waals surface area contributed by atoms with Crippen molar-refractivity contribution in [2.75, 3.05) is 19.6 Å². The maximum atomic E-state index is 12.3. The van der Waals surface area contributed by atoms with E-state index >= 15 is 0 Å². The lowest BCUT2D eigenvalue weighted by Gasteiger charge is -2.31. The predicted octanol–water partition coefficient (Wildman–Crippen LogP) is 3.47. The van der Waals surface area contributed by atoms with Gasteiger partial charge in [0.2, 0.25) is 0 Å². The molecule has 0 atom stereocenters. The van der Waals surface area contributed by atoms with Crippen LogP contribution in [0, 0.1) is 5.92 Å². The molecule has 0 aliphatic carbocycles. The fourth-order valence-electron chi connectivity index (χ4n) is 2.27. The molecule has 0 bridgehead atoms. The quantitative estimate of drug-likeness (QED) is 0.851. The molecule has 0 saturated carbocycles. The van der Waals surface area contributed by atoms with Crippen LogP contribution in [0.4, 0.5) is 0 Å². The third kappa shape index (κ3) is 3.35. The number of hydrogen-bond donors (Lipinski definition) is 1.